The fourth-order valence-corrected chi connectivity index (χ4v) is 4.79. The fourth-order valence-electron chi connectivity index (χ4n) is 4.07. The van der Waals surface area contributed by atoms with Crippen molar-refractivity contribution in [2.45, 2.75) is 43.7 Å². The molecule has 30 heavy (non-hydrogen) atoms. The number of hydrogen-bond donors (Lipinski definition) is 2. The first-order valence-corrected chi connectivity index (χ1v) is 11.1. The Balaban J connectivity index is 1.90. The summed E-state index contributed by atoms with van der Waals surface area (Å²) in [7, 11) is 3.15. The van der Waals surface area contributed by atoms with Gasteiger partial charge in [-0.05, 0) is 37.0 Å². The van der Waals surface area contributed by atoms with Gasteiger partial charge in [-0.1, -0.05) is 24.8 Å². The number of allylic oxidation sites excluding steroid dienone is 2. The minimum Gasteiger partial charge on any atom is -0.493 e. The molecule has 1 unspecified atom stereocenters. The molecule has 0 radical (unpaired) electrons. The summed E-state index contributed by atoms with van der Waals surface area (Å²) in [6.45, 7) is 2.08. The molecule has 2 aliphatic rings. The first-order chi connectivity index (χ1) is 14.6. The molecule has 158 valence electrons. The zero-order valence-electron chi connectivity index (χ0n) is 17.3. The third-order valence-electron chi connectivity index (χ3n) is 5.42. The van der Waals surface area contributed by atoms with Crippen LogP contribution in [0.3, 0.4) is 0 Å². The van der Waals surface area contributed by atoms with Crippen LogP contribution in [0.15, 0.2) is 39.4 Å². The van der Waals surface area contributed by atoms with E-state index < -0.39 is 5.92 Å². The lowest BCUT2D eigenvalue weighted by Crippen LogP contribution is -2.32. The highest BCUT2D eigenvalue weighted by Gasteiger charge is 2.38. The summed E-state index contributed by atoms with van der Waals surface area (Å²) in [4.78, 5) is 33.7. The van der Waals surface area contributed by atoms with Gasteiger partial charge in [0.05, 0.1) is 19.8 Å². The first kappa shape index (κ1) is 20.5. The van der Waals surface area contributed by atoms with Crippen molar-refractivity contribution >= 4 is 23.4 Å². The fraction of sp³-hybridized carbons (Fsp3) is 0.409. The van der Waals surface area contributed by atoms with Gasteiger partial charge in [-0.25, -0.2) is 4.98 Å². The summed E-state index contributed by atoms with van der Waals surface area (Å²) < 4.78 is 10.8. The highest BCUT2D eigenvalue weighted by Crippen LogP contribution is 2.45. The van der Waals surface area contributed by atoms with Crippen molar-refractivity contribution in [2.75, 3.05) is 25.3 Å². The number of thioether (sulfide) groups is 1. The van der Waals surface area contributed by atoms with Crippen LogP contribution in [0.1, 0.15) is 49.7 Å². The largest absolute Gasteiger partial charge is 0.493 e. The van der Waals surface area contributed by atoms with Crippen LogP contribution in [-0.2, 0) is 4.79 Å². The molecule has 0 saturated carbocycles. The predicted octanol–water partition coefficient (Wildman–Crippen LogP) is 3.85. The lowest BCUT2D eigenvalue weighted by molar-refractivity contribution is -0.116. The van der Waals surface area contributed by atoms with E-state index >= 15 is 0 Å². The maximum atomic E-state index is 13.2. The van der Waals surface area contributed by atoms with Gasteiger partial charge in [-0.2, -0.15) is 0 Å². The number of Topliss-reactive ketones (excluding diaryl/α,β-unsaturated/α-hetero) is 1. The number of aromatic nitrogens is 2. The number of methoxy groups -OCH3 is 2. The number of nitrogens with zero attached hydrogens (tertiary/aromatic N) is 1. The van der Waals surface area contributed by atoms with E-state index in [-0.39, 0.29) is 11.3 Å². The van der Waals surface area contributed by atoms with E-state index in [0.29, 0.717) is 40.0 Å². The zero-order valence-corrected chi connectivity index (χ0v) is 18.1. The van der Waals surface area contributed by atoms with Crippen molar-refractivity contribution in [3.05, 3.63) is 50.9 Å². The van der Waals surface area contributed by atoms with Crippen molar-refractivity contribution in [3.63, 3.8) is 0 Å². The number of hydrogen-bond acceptors (Lipinski definition) is 7. The highest BCUT2D eigenvalue weighted by molar-refractivity contribution is 7.99. The minimum atomic E-state index is -0.495. The lowest BCUT2D eigenvalue weighted by Gasteiger charge is -2.33. The average Bonchev–Trinajstić information content (AvgIpc) is 2.76. The molecule has 1 aromatic heterocycles. The van der Waals surface area contributed by atoms with Crippen LogP contribution in [-0.4, -0.2) is 35.7 Å². The monoisotopic (exact) mass is 427 g/mol. The van der Waals surface area contributed by atoms with Gasteiger partial charge >= 0.3 is 0 Å². The number of rotatable bonds is 6. The Morgan fingerprint density at radius 1 is 1.17 bits per heavy atom. The number of nitrogens with one attached hydrogen (secondary N) is 2. The maximum Gasteiger partial charge on any atom is 0.257 e. The van der Waals surface area contributed by atoms with Crippen molar-refractivity contribution in [1.82, 2.24) is 9.97 Å². The summed E-state index contributed by atoms with van der Waals surface area (Å²) in [5, 5.41) is 3.88. The molecular formula is C22H25N3O4S. The van der Waals surface area contributed by atoms with Gasteiger partial charge in [-0.3, -0.25) is 9.59 Å². The molecule has 1 aliphatic carbocycles. The van der Waals surface area contributed by atoms with Crippen LogP contribution in [0.5, 0.6) is 11.5 Å². The molecule has 1 aliphatic heterocycles. The van der Waals surface area contributed by atoms with E-state index in [1.165, 1.54) is 11.8 Å². The maximum absolute atomic E-state index is 13.2. The second-order valence-electron chi connectivity index (χ2n) is 7.32. The molecule has 0 amide bonds. The number of fused-ring (bicyclic) bond motifs is 1. The Bertz CT molecular complexity index is 1080. The van der Waals surface area contributed by atoms with E-state index in [1.807, 2.05) is 12.1 Å². The number of aromatic amines is 1. The van der Waals surface area contributed by atoms with Crippen LogP contribution in [0.2, 0.25) is 0 Å². The van der Waals surface area contributed by atoms with Gasteiger partial charge in [0.2, 0.25) is 0 Å². The van der Waals surface area contributed by atoms with E-state index in [9.17, 15) is 9.59 Å². The SMILES string of the molecule is CCCSc1nc2c(c(=O)[nH]1)C(c1ccc(OC)c(OC)c1)C1=C(CCCC1=O)N2. The molecule has 2 aromatic rings. The minimum absolute atomic E-state index is 0.0676. The Labute approximate surface area is 179 Å². The second-order valence-corrected chi connectivity index (χ2v) is 8.41. The van der Waals surface area contributed by atoms with Crippen LogP contribution in [0.4, 0.5) is 5.82 Å². The van der Waals surface area contributed by atoms with Gasteiger partial charge in [0.15, 0.2) is 22.4 Å². The molecule has 8 heteroatoms. The number of carbonyl (C=O) groups is 1. The molecule has 2 heterocycles. The summed E-state index contributed by atoms with van der Waals surface area (Å²) in [5.41, 5.74) is 2.57. The molecule has 1 aromatic carbocycles. The number of benzene rings is 1. The van der Waals surface area contributed by atoms with Crippen LogP contribution >= 0.6 is 11.8 Å². The van der Waals surface area contributed by atoms with E-state index in [0.717, 1.165) is 36.3 Å². The Morgan fingerprint density at radius 2 is 1.97 bits per heavy atom. The predicted molar refractivity (Wildman–Crippen MR) is 117 cm³/mol. The molecule has 1 atom stereocenters. The van der Waals surface area contributed by atoms with Crippen molar-refractivity contribution in [2.24, 2.45) is 0 Å². The molecule has 0 spiro atoms. The Hall–Kier alpha value is -2.74. The van der Waals surface area contributed by atoms with E-state index in [1.54, 1.807) is 20.3 Å². The quantitative estimate of drug-likeness (QED) is 0.534. The zero-order chi connectivity index (χ0) is 21.3. The summed E-state index contributed by atoms with van der Waals surface area (Å²) >= 11 is 1.52. The van der Waals surface area contributed by atoms with Gasteiger partial charge in [0, 0.05) is 29.4 Å². The normalized spacial score (nSPS) is 17.8. The summed E-state index contributed by atoms with van der Waals surface area (Å²) in [6, 6.07) is 5.52. The third-order valence-corrected chi connectivity index (χ3v) is 6.50. The van der Waals surface area contributed by atoms with E-state index in [4.69, 9.17) is 9.47 Å². The van der Waals surface area contributed by atoms with Gasteiger partial charge < -0.3 is 19.8 Å². The van der Waals surface area contributed by atoms with Gasteiger partial charge in [-0.15, -0.1) is 0 Å². The van der Waals surface area contributed by atoms with Crippen molar-refractivity contribution < 1.29 is 14.3 Å². The average molecular weight is 428 g/mol. The smallest absolute Gasteiger partial charge is 0.257 e. The Kier molecular flexibility index (Phi) is 5.85. The van der Waals surface area contributed by atoms with Crippen molar-refractivity contribution in [3.8, 4) is 11.5 Å². The van der Waals surface area contributed by atoms with Crippen LogP contribution in [0, 0.1) is 0 Å². The highest BCUT2D eigenvalue weighted by atomic mass is 32.2. The van der Waals surface area contributed by atoms with Crippen molar-refractivity contribution in [1.29, 1.82) is 0 Å². The lowest BCUT2D eigenvalue weighted by atomic mass is 9.76. The number of ketones is 1. The molecule has 7 nitrogen and oxygen atoms in total. The molecule has 0 fully saturated rings. The molecule has 0 saturated heterocycles. The second kappa shape index (κ2) is 8.55. The number of H-pyrrole nitrogens is 1. The summed E-state index contributed by atoms with van der Waals surface area (Å²) in [5.74, 6) is 2.12. The molecule has 0 bridgehead atoms. The number of carbonyl (C=O) groups excluding carboxylic acids is 1. The van der Waals surface area contributed by atoms with Gasteiger partial charge in [0.1, 0.15) is 5.82 Å². The molecule has 2 N–H and O–H groups in total. The first-order valence-electron chi connectivity index (χ1n) is 10.1. The van der Waals surface area contributed by atoms with Crippen LogP contribution < -0.4 is 20.3 Å². The molecule has 4 rings (SSSR count). The molecular weight excluding hydrogens is 402 g/mol. The number of ether oxygens (including phenoxy) is 2. The number of anilines is 1. The van der Waals surface area contributed by atoms with Gasteiger partial charge in [0.25, 0.3) is 5.56 Å². The standard InChI is InChI=1S/C22H25N3O4S/c1-4-10-30-22-24-20-19(21(27)25-22)17(18-13(23-20)6-5-7-14(18)26)12-8-9-15(28-2)16(11-12)29-3/h8-9,11,17H,4-7,10H2,1-3H3,(H2,23,24,25,27). The summed E-state index contributed by atoms with van der Waals surface area (Å²) in [6.07, 6.45) is 3.02. The van der Waals surface area contributed by atoms with Crippen LogP contribution in [0.25, 0.3) is 0 Å². The topological polar surface area (TPSA) is 93.3 Å². The van der Waals surface area contributed by atoms with E-state index in [2.05, 4.69) is 22.2 Å². The third kappa shape index (κ3) is 3.60. The Morgan fingerprint density at radius 3 is 2.70 bits per heavy atom.